The minimum Gasteiger partial charge on any atom is -0.506 e. The van der Waals surface area contributed by atoms with Crippen molar-refractivity contribution in [2.24, 2.45) is 0 Å². The number of anilines is 1. The highest BCUT2D eigenvalue weighted by Gasteiger charge is 2.16. The number of unbranched alkanes of at least 4 members (excludes halogenated alkanes) is 6. The molecule has 0 radical (unpaired) electrons. The Morgan fingerprint density at radius 3 is 2.45 bits per heavy atom. The molecule has 0 unspecified atom stereocenters. The van der Waals surface area contributed by atoms with Crippen molar-refractivity contribution in [2.45, 2.75) is 57.6 Å². The van der Waals surface area contributed by atoms with Gasteiger partial charge in [-0.3, -0.25) is 9.69 Å². The van der Waals surface area contributed by atoms with E-state index in [-0.39, 0.29) is 17.9 Å². The largest absolute Gasteiger partial charge is 0.506 e. The molecule has 1 heterocycles. The molecule has 44 heavy (non-hydrogen) atoms. The number of fused-ring (bicyclic) bond motifs is 1. The minimum atomic E-state index is -1.05. The Kier molecular flexibility index (Phi) is 12.5. The van der Waals surface area contributed by atoms with Gasteiger partial charge in [0.15, 0.2) is 0 Å². The number of aliphatic hydroxyl groups is 1. The number of carbonyl (C=O) groups is 1. The standard InChI is InChI=1S/C34H40ClN3O6/c35-25-11-9-12-26(21-25)38(34(42)43)23-24-10-8-13-27(20-24)44-19-7-5-3-1-2-4-6-18-36-22-31(40)28-14-16-30(39)33-29(28)15-17-32(41)37-33/h8-17,20-21,31,36,39-40H,1-7,18-19,22-23H2,(H,37,41)(H,42,43)/t31-/m0/s1. The summed E-state index contributed by atoms with van der Waals surface area (Å²) in [5.74, 6) is 0.710. The molecule has 9 nitrogen and oxygen atoms in total. The van der Waals surface area contributed by atoms with Crippen molar-refractivity contribution >= 4 is 34.3 Å². The molecule has 0 fully saturated rings. The molecule has 1 amide bonds. The van der Waals surface area contributed by atoms with Gasteiger partial charge in [0, 0.05) is 28.7 Å². The van der Waals surface area contributed by atoms with Crippen molar-refractivity contribution in [3.63, 3.8) is 0 Å². The van der Waals surface area contributed by atoms with Crippen molar-refractivity contribution in [1.29, 1.82) is 0 Å². The number of ether oxygens (including phenoxy) is 1. The van der Waals surface area contributed by atoms with Crippen LogP contribution in [0.25, 0.3) is 10.9 Å². The van der Waals surface area contributed by atoms with Gasteiger partial charge in [-0.2, -0.15) is 0 Å². The molecular formula is C34H40ClN3O6. The van der Waals surface area contributed by atoms with Gasteiger partial charge < -0.3 is 30.4 Å². The highest BCUT2D eigenvalue weighted by Crippen LogP contribution is 2.28. The van der Waals surface area contributed by atoms with Crippen molar-refractivity contribution in [3.8, 4) is 11.5 Å². The Morgan fingerprint density at radius 1 is 0.932 bits per heavy atom. The molecule has 1 aromatic heterocycles. The summed E-state index contributed by atoms with van der Waals surface area (Å²) in [5, 5.41) is 34.8. The molecule has 5 N–H and O–H groups in total. The van der Waals surface area contributed by atoms with Crippen molar-refractivity contribution in [1.82, 2.24) is 10.3 Å². The summed E-state index contributed by atoms with van der Waals surface area (Å²) >= 11 is 6.04. The van der Waals surface area contributed by atoms with Gasteiger partial charge >= 0.3 is 6.09 Å². The van der Waals surface area contributed by atoms with E-state index in [1.54, 1.807) is 36.4 Å². The van der Waals surface area contributed by atoms with Crippen LogP contribution in [0, 0.1) is 0 Å². The molecule has 1 atom stereocenters. The first-order chi connectivity index (χ1) is 21.3. The third kappa shape index (κ3) is 9.74. The third-order valence-electron chi connectivity index (χ3n) is 7.46. The number of pyridine rings is 1. The molecule has 0 spiro atoms. The lowest BCUT2D eigenvalue weighted by Gasteiger charge is -2.20. The zero-order valence-electron chi connectivity index (χ0n) is 24.7. The topological polar surface area (TPSA) is 135 Å². The van der Waals surface area contributed by atoms with Gasteiger partial charge in [0.25, 0.3) is 0 Å². The fourth-order valence-corrected chi connectivity index (χ4v) is 5.34. The number of aromatic hydroxyl groups is 1. The van der Waals surface area contributed by atoms with E-state index in [0.29, 0.717) is 40.3 Å². The number of hydrogen-bond acceptors (Lipinski definition) is 6. The van der Waals surface area contributed by atoms with E-state index >= 15 is 0 Å². The average Bonchev–Trinajstić information content (AvgIpc) is 3.00. The third-order valence-corrected chi connectivity index (χ3v) is 7.70. The molecule has 4 aromatic rings. The number of hydrogen-bond donors (Lipinski definition) is 5. The average molecular weight is 622 g/mol. The molecule has 10 heteroatoms. The Hall–Kier alpha value is -4.05. The second kappa shape index (κ2) is 16.7. The fraction of sp³-hybridized carbons (Fsp3) is 0.353. The van der Waals surface area contributed by atoms with Crippen molar-refractivity contribution in [2.75, 3.05) is 24.6 Å². The van der Waals surface area contributed by atoms with Crippen LogP contribution in [0.15, 0.2) is 77.6 Å². The highest BCUT2D eigenvalue weighted by atomic mass is 35.5. The lowest BCUT2D eigenvalue weighted by molar-refractivity contribution is 0.176. The highest BCUT2D eigenvalue weighted by molar-refractivity contribution is 6.30. The van der Waals surface area contributed by atoms with E-state index in [1.807, 2.05) is 24.3 Å². The SMILES string of the molecule is O=C(O)N(Cc1cccc(OCCCCCCCCCNC[C@H](O)c2ccc(O)c3[nH]c(=O)ccc23)c1)c1cccc(Cl)c1. The normalized spacial score (nSPS) is 11.9. The zero-order chi connectivity index (χ0) is 31.3. The zero-order valence-corrected chi connectivity index (χ0v) is 25.4. The maximum atomic E-state index is 11.8. The number of nitrogens with zero attached hydrogens (tertiary/aromatic N) is 1. The van der Waals surface area contributed by atoms with Crippen LogP contribution in [0.4, 0.5) is 10.5 Å². The molecule has 3 aromatic carbocycles. The summed E-state index contributed by atoms with van der Waals surface area (Å²) in [7, 11) is 0. The number of rotatable bonds is 17. The Bertz CT molecular complexity index is 1580. The number of nitrogens with one attached hydrogen (secondary N) is 2. The van der Waals surface area contributed by atoms with Gasteiger partial charge in [0.1, 0.15) is 11.5 Å². The first-order valence-corrected chi connectivity index (χ1v) is 15.4. The molecule has 0 saturated heterocycles. The van der Waals surface area contributed by atoms with Gasteiger partial charge in [-0.25, -0.2) is 4.79 Å². The summed E-state index contributed by atoms with van der Waals surface area (Å²) in [4.78, 5) is 27.3. The summed E-state index contributed by atoms with van der Waals surface area (Å²) in [6.45, 7) is 2.00. The number of aromatic amines is 1. The number of phenolic OH excluding ortho intramolecular Hbond substituents is 1. The van der Waals surface area contributed by atoms with E-state index in [0.717, 1.165) is 62.8 Å². The van der Waals surface area contributed by atoms with Crippen LogP contribution in [0.2, 0.25) is 5.02 Å². The van der Waals surface area contributed by atoms with Gasteiger partial charge in [0.2, 0.25) is 5.56 Å². The Labute approximate surface area is 262 Å². The maximum absolute atomic E-state index is 11.8. The van der Waals surface area contributed by atoms with Gasteiger partial charge in [0.05, 0.1) is 24.8 Å². The number of benzene rings is 3. The minimum absolute atomic E-state index is 0.0171. The molecule has 4 rings (SSSR count). The second-order valence-corrected chi connectivity index (χ2v) is 11.3. The number of amides is 1. The number of phenols is 1. The van der Waals surface area contributed by atoms with Crippen LogP contribution in [0.3, 0.4) is 0 Å². The maximum Gasteiger partial charge on any atom is 0.412 e. The van der Waals surface area contributed by atoms with E-state index in [9.17, 15) is 24.9 Å². The van der Waals surface area contributed by atoms with Crippen LogP contribution in [0.5, 0.6) is 11.5 Å². The van der Waals surface area contributed by atoms with Crippen LogP contribution in [-0.2, 0) is 6.54 Å². The van der Waals surface area contributed by atoms with Crippen LogP contribution in [-0.4, -0.2) is 46.1 Å². The summed E-state index contributed by atoms with van der Waals surface area (Å²) in [6.07, 6.45) is 5.81. The van der Waals surface area contributed by atoms with Gasteiger partial charge in [-0.1, -0.05) is 68.0 Å². The summed E-state index contributed by atoms with van der Waals surface area (Å²) < 4.78 is 5.93. The Morgan fingerprint density at radius 2 is 1.68 bits per heavy atom. The Balaban J connectivity index is 1.06. The first kappa shape index (κ1) is 32.9. The molecule has 0 aliphatic rings. The monoisotopic (exact) mass is 621 g/mol. The van der Waals surface area contributed by atoms with E-state index in [2.05, 4.69) is 10.3 Å². The van der Waals surface area contributed by atoms with Crippen LogP contribution >= 0.6 is 11.6 Å². The molecule has 0 saturated carbocycles. The molecule has 234 valence electrons. The van der Waals surface area contributed by atoms with Crippen molar-refractivity contribution < 1.29 is 24.9 Å². The number of aliphatic hydroxyl groups excluding tert-OH is 1. The van der Waals surface area contributed by atoms with E-state index < -0.39 is 12.2 Å². The predicted octanol–water partition coefficient (Wildman–Crippen LogP) is 7.00. The van der Waals surface area contributed by atoms with Crippen LogP contribution in [0.1, 0.15) is 62.2 Å². The van der Waals surface area contributed by atoms with Crippen LogP contribution < -0.4 is 20.5 Å². The molecule has 0 aliphatic carbocycles. The van der Waals surface area contributed by atoms with E-state index in [1.165, 1.54) is 17.0 Å². The van der Waals surface area contributed by atoms with Gasteiger partial charge in [-0.05, 0) is 73.0 Å². The van der Waals surface area contributed by atoms with E-state index in [4.69, 9.17) is 16.3 Å². The molecule has 0 bridgehead atoms. The summed E-state index contributed by atoms with van der Waals surface area (Å²) in [6, 6.07) is 20.5. The smallest absolute Gasteiger partial charge is 0.412 e. The lowest BCUT2D eigenvalue weighted by Crippen LogP contribution is -2.28. The second-order valence-electron chi connectivity index (χ2n) is 10.8. The van der Waals surface area contributed by atoms with Gasteiger partial charge in [-0.15, -0.1) is 0 Å². The number of H-pyrrole nitrogens is 1. The quantitative estimate of drug-likeness (QED) is 0.0801. The summed E-state index contributed by atoms with van der Waals surface area (Å²) in [5.41, 5.74) is 2.05. The number of halogens is 1. The molecular weight excluding hydrogens is 582 g/mol. The molecule has 0 aliphatic heterocycles. The van der Waals surface area contributed by atoms with Crippen molar-refractivity contribution in [3.05, 3.63) is 99.3 Å². The predicted molar refractivity (Wildman–Crippen MR) is 174 cm³/mol. The first-order valence-electron chi connectivity index (χ1n) is 15.0. The lowest BCUT2D eigenvalue weighted by atomic mass is 10.0. The fourth-order valence-electron chi connectivity index (χ4n) is 5.15. The number of aromatic nitrogens is 1. The number of carboxylic acid groups (broad SMARTS) is 1.